The van der Waals surface area contributed by atoms with E-state index in [1.54, 1.807) is 6.08 Å². The normalized spacial score (nSPS) is 21.3. The largest absolute Gasteiger partial charge is 0.397 e. The average molecular weight is 836 g/mol. The highest BCUT2D eigenvalue weighted by atomic mass is 32.3. The van der Waals surface area contributed by atoms with E-state index in [1.807, 2.05) is 6.08 Å². The van der Waals surface area contributed by atoms with Gasteiger partial charge in [-0.2, -0.15) is 8.42 Å². The van der Waals surface area contributed by atoms with E-state index >= 15 is 0 Å². The fourth-order valence-electron chi connectivity index (χ4n) is 7.45. The molecular formula is C44H85NO11S. The molecule has 6 N–H and O–H groups in total. The van der Waals surface area contributed by atoms with Gasteiger partial charge in [-0.1, -0.05) is 193 Å². The molecule has 1 fully saturated rings. The smallest absolute Gasteiger partial charge is 0.394 e. The number of rotatable bonds is 39. The van der Waals surface area contributed by atoms with Gasteiger partial charge in [0.15, 0.2) is 6.29 Å². The van der Waals surface area contributed by atoms with Gasteiger partial charge in [-0.25, -0.2) is 4.18 Å². The standard InChI is InChI=1S/C44H85NO11S/c1-3-5-7-9-11-13-15-17-18-19-20-22-24-26-28-30-32-34-40(48)45-37(38(47)33-31-29-27-25-23-21-16-14-12-10-8-6-4-2)36-54-44-42(50)43(56-57(51,52)53)41(49)39(35-46)55-44/h31,33,37-39,41-44,46-47,49-50H,3-30,32,34-36H2,1-2H3,(H,45,48)(H,51,52,53)/t37-,38+,39+,41-,42?,43?,44+/m0/s1. The summed E-state index contributed by atoms with van der Waals surface area (Å²) in [5, 5.41) is 44.6. The molecule has 12 nitrogen and oxygen atoms in total. The SMILES string of the molecule is CCCCCCCCCCCCCC=C[C@@H](O)[C@H](CO[C@@H]1O[C@H](CO)[C@H](O)C(OS(=O)(=O)O)C1O)NC(=O)CCCCCCCCCCCCCCCCCCC. The molecule has 0 saturated carbocycles. The van der Waals surface area contributed by atoms with Crippen LogP contribution >= 0.6 is 0 Å². The predicted molar refractivity (Wildman–Crippen MR) is 227 cm³/mol. The zero-order valence-electron chi connectivity index (χ0n) is 35.9. The molecule has 7 atom stereocenters. The van der Waals surface area contributed by atoms with Gasteiger partial charge in [-0.05, 0) is 19.3 Å². The first-order valence-electron chi connectivity index (χ1n) is 23.1. The maximum Gasteiger partial charge on any atom is 0.397 e. The lowest BCUT2D eigenvalue weighted by Gasteiger charge is -2.41. The molecule has 0 aromatic carbocycles. The molecule has 0 aromatic rings. The molecule has 1 saturated heterocycles. The lowest BCUT2D eigenvalue weighted by atomic mass is 9.99. The van der Waals surface area contributed by atoms with Crippen molar-refractivity contribution in [2.45, 2.75) is 249 Å². The summed E-state index contributed by atoms with van der Waals surface area (Å²) in [6.45, 7) is 3.38. The van der Waals surface area contributed by atoms with Crippen LogP contribution in [0.2, 0.25) is 0 Å². The molecular weight excluding hydrogens is 751 g/mol. The van der Waals surface area contributed by atoms with E-state index < -0.39 is 59.9 Å². The van der Waals surface area contributed by atoms with Crippen molar-refractivity contribution in [3.63, 3.8) is 0 Å². The Balaban J connectivity index is 2.51. The Labute approximate surface area is 347 Å². The summed E-state index contributed by atoms with van der Waals surface area (Å²) in [6, 6.07) is -0.937. The molecule has 2 unspecified atom stereocenters. The lowest BCUT2D eigenvalue weighted by Crippen LogP contribution is -2.61. The van der Waals surface area contributed by atoms with E-state index in [0.717, 1.165) is 38.5 Å². The van der Waals surface area contributed by atoms with Crippen molar-refractivity contribution < 1.29 is 51.8 Å². The molecule has 0 radical (unpaired) electrons. The number of amides is 1. The van der Waals surface area contributed by atoms with Crippen LogP contribution in [-0.2, 0) is 28.9 Å². The number of hydrogen-bond acceptors (Lipinski definition) is 10. The van der Waals surface area contributed by atoms with Gasteiger partial charge in [0.1, 0.15) is 24.4 Å². The first-order chi connectivity index (χ1) is 27.5. The minimum atomic E-state index is -5.08. The fourth-order valence-corrected chi connectivity index (χ4v) is 7.96. The van der Waals surface area contributed by atoms with Crippen LogP contribution in [0.3, 0.4) is 0 Å². The topological polar surface area (TPSA) is 192 Å². The first-order valence-corrected chi connectivity index (χ1v) is 24.4. The van der Waals surface area contributed by atoms with Gasteiger partial charge >= 0.3 is 10.4 Å². The Morgan fingerprint density at radius 1 is 0.684 bits per heavy atom. The Hall–Kier alpha value is -1.16. The summed E-state index contributed by atoms with van der Waals surface area (Å²) in [4.78, 5) is 13.0. The molecule has 338 valence electrons. The van der Waals surface area contributed by atoms with Crippen LogP contribution in [-0.4, -0.2) is 95.4 Å². The second-order valence-corrected chi connectivity index (χ2v) is 17.4. The van der Waals surface area contributed by atoms with Crippen LogP contribution in [0, 0.1) is 0 Å². The van der Waals surface area contributed by atoms with Gasteiger partial charge < -0.3 is 35.2 Å². The van der Waals surface area contributed by atoms with Crippen LogP contribution in [0.4, 0.5) is 0 Å². The second kappa shape index (κ2) is 35.6. The number of aliphatic hydroxyl groups is 4. The molecule has 0 bridgehead atoms. The van der Waals surface area contributed by atoms with E-state index in [-0.39, 0.29) is 18.9 Å². The molecule has 1 aliphatic rings. The van der Waals surface area contributed by atoms with Crippen LogP contribution in [0.5, 0.6) is 0 Å². The zero-order chi connectivity index (χ0) is 42.0. The van der Waals surface area contributed by atoms with Gasteiger partial charge in [0.2, 0.25) is 5.91 Å². The van der Waals surface area contributed by atoms with Crippen LogP contribution in [0.1, 0.15) is 206 Å². The van der Waals surface area contributed by atoms with Crippen LogP contribution in [0.25, 0.3) is 0 Å². The molecule has 0 aromatic heterocycles. The lowest BCUT2D eigenvalue weighted by molar-refractivity contribution is -0.298. The molecule has 0 spiro atoms. The summed E-state index contributed by atoms with van der Waals surface area (Å²) in [7, 11) is -5.08. The van der Waals surface area contributed by atoms with E-state index in [2.05, 4.69) is 23.3 Å². The highest BCUT2D eigenvalue weighted by molar-refractivity contribution is 7.80. The Morgan fingerprint density at radius 2 is 1.11 bits per heavy atom. The van der Waals surface area contributed by atoms with Crippen molar-refractivity contribution in [2.24, 2.45) is 0 Å². The number of carbonyl (C=O) groups excluding carboxylic acids is 1. The summed E-state index contributed by atoms with van der Waals surface area (Å²) in [5.41, 5.74) is 0. The van der Waals surface area contributed by atoms with E-state index in [1.165, 1.54) is 141 Å². The monoisotopic (exact) mass is 836 g/mol. The number of carbonyl (C=O) groups is 1. The van der Waals surface area contributed by atoms with Gasteiger partial charge in [-0.3, -0.25) is 9.35 Å². The molecule has 1 rings (SSSR count). The number of ether oxygens (including phenoxy) is 2. The molecule has 1 heterocycles. The molecule has 0 aliphatic carbocycles. The second-order valence-electron chi connectivity index (χ2n) is 16.4. The predicted octanol–water partition coefficient (Wildman–Crippen LogP) is 8.77. The molecule has 13 heteroatoms. The Bertz CT molecular complexity index is 1080. The third kappa shape index (κ3) is 28.9. The number of hydrogen-bond donors (Lipinski definition) is 6. The van der Waals surface area contributed by atoms with Gasteiger partial charge in [0.25, 0.3) is 0 Å². The summed E-state index contributed by atoms with van der Waals surface area (Å²) < 4.78 is 47.5. The Morgan fingerprint density at radius 3 is 1.53 bits per heavy atom. The van der Waals surface area contributed by atoms with Gasteiger partial charge in [0.05, 0.1) is 25.4 Å². The van der Waals surface area contributed by atoms with E-state index in [0.29, 0.717) is 6.42 Å². The maximum atomic E-state index is 13.0. The third-order valence-corrected chi connectivity index (χ3v) is 11.5. The van der Waals surface area contributed by atoms with Gasteiger partial charge in [-0.15, -0.1) is 0 Å². The maximum absolute atomic E-state index is 13.0. The third-order valence-electron chi connectivity index (χ3n) is 11.1. The van der Waals surface area contributed by atoms with Crippen molar-refractivity contribution in [3.8, 4) is 0 Å². The molecule has 1 aliphatic heterocycles. The van der Waals surface area contributed by atoms with Crippen molar-refractivity contribution >= 4 is 16.3 Å². The average Bonchev–Trinajstić information content (AvgIpc) is 3.18. The van der Waals surface area contributed by atoms with Crippen molar-refractivity contribution in [1.29, 1.82) is 0 Å². The van der Waals surface area contributed by atoms with Crippen molar-refractivity contribution in [1.82, 2.24) is 5.32 Å². The Kier molecular flexibility index (Phi) is 33.6. The summed E-state index contributed by atoms with van der Waals surface area (Å²) in [5.74, 6) is -0.260. The van der Waals surface area contributed by atoms with Gasteiger partial charge in [0, 0.05) is 6.42 Å². The minimum absolute atomic E-state index is 0.260. The van der Waals surface area contributed by atoms with E-state index in [4.69, 9.17) is 14.0 Å². The van der Waals surface area contributed by atoms with Crippen LogP contribution < -0.4 is 5.32 Å². The number of allylic oxidation sites excluding steroid dienone is 1. The van der Waals surface area contributed by atoms with Crippen molar-refractivity contribution in [3.05, 3.63) is 12.2 Å². The van der Waals surface area contributed by atoms with Crippen LogP contribution in [0.15, 0.2) is 12.2 Å². The first kappa shape index (κ1) is 53.9. The summed E-state index contributed by atoms with van der Waals surface area (Å²) in [6.07, 6.45) is 29.6. The van der Waals surface area contributed by atoms with Crippen molar-refractivity contribution in [2.75, 3.05) is 13.2 Å². The number of nitrogens with one attached hydrogen (secondary N) is 1. The zero-order valence-corrected chi connectivity index (χ0v) is 36.7. The minimum Gasteiger partial charge on any atom is -0.394 e. The molecule has 57 heavy (non-hydrogen) atoms. The summed E-state index contributed by atoms with van der Waals surface area (Å²) >= 11 is 0. The van der Waals surface area contributed by atoms with E-state index in [9.17, 15) is 33.6 Å². The fraction of sp³-hybridized carbons (Fsp3) is 0.932. The highest BCUT2D eigenvalue weighted by Gasteiger charge is 2.48. The number of unbranched alkanes of at least 4 members (excludes halogenated alkanes) is 27. The quantitative estimate of drug-likeness (QED) is 0.0197. The molecule has 1 amide bonds. The number of aliphatic hydroxyl groups excluding tert-OH is 4. The highest BCUT2D eigenvalue weighted by Crippen LogP contribution is 2.26.